The van der Waals surface area contributed by atoms with Crippen LogP contribution in [0.15, 0.2) is 29.8 Å². The Labute approximate surface area is 127 Å². The van der Waals surface area contributed by atoms with Crippen LogP contribution in [0.25, 0.3) is 6.08 Å². The second kappa shape index (κ2) is 7.21. The van der Waals surface area contributed by atoms with Crippen LogP contribution in [0.5, 0.6) is 5.75 Å². The molecule has 0 saturated heterocycles. The van der Waals surface area contributed by atoms with E-state index in [1.165, 1.54) is 18.6 Å². The smallest absolute Gasteiger partial charge is 0.405 e. The van der Waals surface area contributed by atoms with E-state index in [4.69, 9.17) is 11.6 Å². The molecule has 0 spiro atoms. The van der Waals surface area contributed by atoms with Crippen molar-refractivity contribution in [1.29, 1.82) is 0 Å². The standard InChI is InChI=1S/C16H18ClF3O/c17-11-14(12-6-2-1-3-7-12)10-13-8-4-5-9-15(13)21-16(18,19)20/h4-5,8-10,12H,1-3,6-7,11H2/b14-10-. The van der Waals surface area contributed by atoms with Crippen LogP contribution >= 0.6 is 11.6 Å². The Kier molecular flexibility index (Phi) is 5.57. The van der Waals surface area contributed by atoms with Gasteiger partial charge in [0.1, 0.15) is 5.75 Å². The molecule has 1 aromatic carbocycles. The van der Waals surface area contributed by atoms with E-state index in [9.17, 15) is 13.2 Å². The maximum absolute atomic E-state index is 12.4. The van der Waals surface area contributed by atoms with Crippen LogP contribution < -0.4 is 4.74 Å². The van der Waals surface area contributed by atoms with Crippen molar-refractivity contribution in [2.24, 2.45) is 5.92 Å². The summed E-state index contributed by atoms with van der Waals surface area (Å²) in [5.74, 6) is 0.531. The maximum Gasteiger partial charge on any atom is 0.573 e. The van der Waals surface area contributed by atoms with E-state index in [1.54, 1.807) is 18.2 Å². The quantitative estimate of drug-likeness (QED) is 0.639. The molecular weight excluding hydrogens is 301 g/mol. The molecule has 116 valence electrons. The van der Waals surface area contributed by atoms with Crippen LogP contribution in [0.4, 0.5) is 13.2 Å². The summed E-state index contributed by atoms with van der Waals surface area (Å²) in [6, 6.07) is 6.17. The van der Waals surface area contributed by atoms with Crippen LogP contribution in [0.1, 0.15) is 37.7 Å². The number of ether oxygens (including phenoxy) is 1. The predicted molar refractivity (Wildman–Crippen MR) is 78.4 cm³/mol. The Hall–Kier alpha value is -1.16. The lowest BCUT2D eigenvalue weighted by Gasteiger charge is -2.23. The highest BCUT2D eigenvalue weighted by Gasteiger charge is 2.31. The monoisotopic (exact) mass is 318 g/mol. The molecule has 0 N–H and O–H groups in total. The van der Waals surface area contributed by atoms with Crippen LogP contribution in [-0.2, 0) is 0 Å². The van der Waals surface area contributed by atoms with Gasteiger partial charge < -0.3 is 4.74 Å². The van der Waals surface area contributed by atoms with E-state index in [0.29, 0.717) is 17.4 Å². The molecule has 0 aliphatic heterocycles. The Morgan fingerprint density at radius 2 is 1.86 bits per heavy atom. The van der Waals surface area contributed by atoms with E-state index in [1.807, 2.05) is 0 Å². The summed E-state index contributed by atoms with van der Waals surface area (Å²) in [6.45, 7) is 0. The summed E-state index contributed by atoms with van der Waals surface area (Å²) < 4.78 is 41.4. The van der Waals surface area contributed by atoms with Crippen LogP contribution in [0.2, 0.25) is 0 Å². The predicted octanol–water partition coefficient (Wildman–Crippen LogP) is 5.79. The van der Waals surface area contributed by atoms with Gasteiger partial charge in [-0.25, -0.2) is 0 Å². The fourth-order valence-corrected chi connectivity index (χ4v) is 3.05. The Bertz CT molecular complexity index is 491. The van der Waals surface area contributed by atoms with Gasteiger partial charge in [0.15, 0.2) is 0 Å². The number of allylic oxidation sites excluding steroid dienone is 1. The molecule has 1 aromatic rings. The van der Waals surface area contributed by atoms with Crippen LogP contribution in [0, 0.1) is 5.92 Å². The van der Waals surface area contributed by atoms with Crippen molar-refractivity contribution < 1.29 is 17.9 Å². The van der Waals surface area contributed by atoms with Crippen molar-refractivity contribution in [1.82, 2.24) is 0 Å². The third-order valence-corrected chi connectivity index (χ3v) is 4.08. The summed E-state index contributed by atoms with van der Waals surface area (Å²) in [5, 5.41) is 0. The molecule has 1 aliphatic carbocycles. The molecule has 0 unspecified atom stereocenters. The molecule has 0 radical (unpaired) electrons. The highest BCUT2D eigenvalue weighted by molar-refractivity contribution is 6.19. The Morgan fingerprint density at radius 3 is 2.48 bits per heavy atom. The van der Waals surface area contributed by atoms with E-state index in [-0.39, 0.29) is 5.75 Å². The minimum absolute atomic E-state index is 0.177. The summed E-state index contributed by atoms with van der Waals surface area (Å²) >= 11 is 6.00. The van der Waals surface area contributed by atoms with E-state index in [2.05, 4.69) is 4.74 Å². The second-order valence-corrected chi connectivity index (χ2v) is 5.54. The van der Waals surface area contributed by atoms with Crippen molar-refractivity contribution in [2.75, 3.05) is 5.88 Å². The lowest BCUT2D eigenvalue weighted by Crippen LogP contribution is -2.17. The number of rotatable bonds is 4. The summed E-state index contributed by atoms with van der Waals surface area (Å²) in [6.07, 6.45) is 2.71. The maximum atomic E-state index is 12.4. The van der Waals surface area contributed by atoms with Gasteiger partial charge >= 0.3 is 6.36 Å². The Morgan fingerprint density at radius 1 is 1.19 bits per heavy atom. The number of halogens is 4. The van der Waals surface area contributed by atoms with Crippen molar-refractivity contribution in [3.05, 3.63) is 35.4 Å². The number of hydrogen-bond acceptors (Lipinski definition) is 1. The van der Waals surface area contributed by atoms with Gasteiger partial charge in [0.05, 0.1) is 0 Å². The van der Waals surface area contributed by atoms with Crippen molar-refractivity contribution in [3.8, 4) is 5.75 Å². The van der Waals surface area contributed by atoms with Gasteiger partial charge in [0.2, 0.25) is 0 Å². The van der Waals surface area contributed by atoms with E-state index < -0.39 is 6.36 Å². The van der Waals surface area contributed by atoms with Crippen molar-refractivity contribution in [3.63, 3.8) is 0 Å². The minimum atomic E-state index is -4.68. The fraction of sp³-hybridized carbons (Fsp3) is 0.500. The highest BCUT2D eigenvalue weighted by Crippen LogP contribution is 2.34. The van der Waals surface area contributed by atoms with Gasteiger partial charge in [-0.3, -0.25) is 0 Å². The zero-order valence-corrected chi connectivity index (χ0v) is 12.4. The molecule has 1 saturated carbocycles. The molecule has 21 heavy (non-hydrogen) atoms. The molecule has 0 atom stereocenters. The molecule has 0 bridgehead atoms. The first-order chi connectivity index (χ1) is 9.99. The van der Waals surface area contributed by atoms with Crippen LogP contribution in [0.3, 0.4) is 0 Å². The number of benzene rings is 1. The average Bonchev–Trinajstić information content (AvgIpc) is 2.45. The molecule has 1 fully saturated rings. The molecule has 0 amide bonds. The molecule has 0 aromatic heterocycles. The normalized spacial score (nSPS) is 17.8. The van der Waals surface area contributed by atoms with Crippen molar-refractivity contribution >= 4 is 17.7 Å². The van der Waals surface area contributed by atoms with Gasteiger partial charge in [-0.1, -0.05) is 49.1 Å². The minimum Gasteiger partial charge on any atom is -0.405 e. The van der Waals surface area contributed by atoms with Gasteiger partial charge in [-0.15, -0.1) is 24.8 Å². The first kappa shape index (κ1) is 16.2. The van der Waals surface area contributed by atoms with Gasteiger partial charge in [-0.05, 0) is 24.8 Å². The zero-order valence-electron chi connectivity index (χ0n) is 11.6. The zero-order chi connectivity index (χ0) is 15.3. The number of hydrogen-bond donors (Lipinski definition) is 0. The molecule has 5 heteroatoms. The lowest BCUT2D eigenvalue weighted by molar-refractivity contribution is -0.274. The topological polar surface area (TPSA) is 9.23 Å². The molecule has 1 nitrogen and oxygen atoms in total. The van der Waals surface area contributed by atoms with Gasteiger partial charge in [-0.2, -0.15) is 0 Å². The van der Waals surface area contributed by atoms with Crippen LogP contribution in [-0.4, -0.2) is 12.2 Å². The highest BCUT2D eigenvalue weighted by atomic mass is 35.5. The average molecular weight is 319 g/mol. The third kappa shape index (κ3) is 4.95. The SMILES string of the molecule is FC(F)(F)Oc1ccccc1/C=C(/CCl)C1CCCCC1. The van der Waals surface area contributed by atoms with Gasteiger partial charge in [0.25, 0.3) is 0 Å². The second-order valence-electron chi connectivity index (χ2n) is 5.27. The molecule has 2 rings (SSSR count). The summed E-state index contributed by atoms with van der Waals surface area (Å²) in [5.41, 5.74) is 1.42. The summed E-state index contributed by atoms with van der Waals surface area (Å²) in [7, 11) is 0. The largest absolute Gasteiger partial charge is 0.573 e. The van der Waals surface area contributed by atoms with E-state index in [0.717, 1.165) is 31.3 Å². The van der Waals surface area contributed by atoms with Gasteiger partial charge in [0, 0.05) is 11.4 Å². The molecule has 0 heterocycles. The Balaban J connectivity index is 2.25. The number of para-hydroxylation sites is 1. The molecule has 1 aliphatic rings. The molecular formula is C16H18ClF3O. The van der Waals surface area contributed by atoms with Crippen molar-refractivity contribution in [2.45, 2.75) is 38.5 Å². The third-order valence-electron chi connectivity index (χ3n) is 3.77. The van der Waals surface area contributed by atoms with E-state index >= 15 is 0 Å². The number of alkyl halides is 4. The first-order valence-electron chi connectivity index (χ1n) is 7.11. The fourth-order valence-electron chi connectivity index (χ4n) is 2.76. The summed E-state index contributed by atoms with van der Waals surface area (Å²) in [4.78, 5) is 0. The lowest BCUT2D eigenvalue weighted by atomic mass is 9.83. The first-order valence-corrected chi connectivity index (χ1v) is 7.64.